The molecule has 2 N–H and O–H groups in total. The van der Waals surface area contributed by atoms with Crippen LogP contribution in [0.2, 0.25) is 0 Å². The SMILES string of the molecule is C[N+](C)(c1ncnc2[nH]ccc12)C1CC2CNC(=O)CC2C1. The summed E-state index contributed by atoms with van der Waals surface area (Å²) in [6.45, 7) is 0.837. The van der Waals surface area contributed by atoms with E-state index in [0.29, 0.717) is 24.3 Å². The normalized spacial score (nSPS) is 28.6. The number of aromatic amines is 1. The lowest BCUT2D eigenvalue weighted by Gasteiger charge is -2.34. The fourth-order valence-electron chi connectivity index (χ4n) is 4.25. The second kappa shape index (κ2) is 4.78. The van der Waals surface area contributed by atoms with E-state index in [-0.39, 0.29) is 5.91 Å². The van der Waals surface area contributed by atoms with E-state index in [1.54, 1.807) is 6.33 Å². The number of aromatic nitrogens is 3. The molecule has 1 amide bonds. The van der Waals surface area contributed by atoms with Crippen LogP contribution in [0.5, 0.6) is 0 Å². The summed E-state index contributed by atoms with van der Waals surface area (Å²) < 4.78 is 0.748. The van der Waals surface area contributed by atoms with E-state index in [1.807, 2.05) is 6.20 Å². The maximum atomic E-state index is 11.6. The molecule has 2 aromatic heterocycles. The van der Waals surface area contributed by atoms with E-state index in [9.17, 15) is 4.79 Å². The zero-order valence-corrected chi connectivity index (χ0v) is 13.0. The van der Waals surface area contributed by atoms with Gasteiger partial charge in [-0.2, -0.15) is 4.98 Å². The summed E-state index contributed by atoms with van der Waals surface area (Å²) in [6, 6.07) is 2.55. The van der Waals surface area contributed by atoms with Gasteiger partial charge >= 0.3 is 0 Å². The van der Waals surface area contributed by atoms with Crippen molar-refractivity contribution < 1.29 is 4.79 Å². The number of piperidine rings is 1. The molecule has 6 heteroatoms. The topological polar surface area (TPSA) is 70.7 Å². The fraction of sp³-hybridized carbons (Fsp3) is 0.562. The molecule has 1 aliphatic heterocycles. The molecule has 1 aliphatic carbocycles. The highest BCUT2D eigenvalue weighted by molar-refractivity contribution is 5.86. The predicted octanol–water partition coefficient (Wildman–Crippen LogP) is 1.44. The minimum absolute atomic E-state index is 0.210. The van der Waals surface area contributed by atoms with Gasteiger partial charge in [-0.3, -0.25) is 9.28 Å². The molecule has 2 aromatic rings. The molecular formula is C16H22N5O+. The first-order valence-electron chi connectivity index (χ1n) is 7.94. The van der Waals surface area contributed by atoms with Gasteiger partial charge in [-0.15, -0.1) is 0 Å². The maximum Gasteiger partial charge on any atom is 0.240 e. The van der Waals surface area contributed by atoms with Gasteiger partial charge in [0.1, 0.15) is 17.4 Å². The van der Waals surface area contributed by atoms with Crippen molar-refractivity contribution in [3.8, 4) is 0 Å². The van der Waals surface area contributed by atoms with Gasteiger partial charge in [0.15, 0.2) is 0 Å². The Morgan fingerprint density at radius 1 is 1.23 bits per heavy atom. The first-order valence-corrected chi connectivity index (χ1v) is 7.94. The molecule has 1 saturated carbocycles. The first kappa shape index (κ1) is 13.7. The molecule has 1 saturated heterocycles. The maximum absolute atomic E-state index is 11.6. The van der Waals surface area contributed by atoms with Crippen LogP contribution in [0.1, 0.15) is 19.3 Å². The minimum atomic E-state index is 0.210. The predicted molar refractivity (Wildman–Crippen MR) is 85.2 cm³/mol. The van der Waals surface area contributed by atoms with E-state index in [1.165, 1.54) is 0 Å². The lowest BCUT2D eigenvalue weighted by atomic mass is 9.89. The Kier molecular flexibility index (Phi) is 2.97. The largest absolute Gasteiger partial charge is 0.356 e. The fourth-order valence-corrected chi connectivity index (χ4v) is 4.25. The van der Waals surface area contributed by atoms with Crippen LogP contribution in [0.3, 0.4) is 0 Å². The van der Waals surface area contributed by atoms with Crippen LogP contribution < -0.4 is 9.80 Å². The average molecular weight is 300 g/mol. The number of hydrogen-bond donors (Lipinski definition) is 2. The van der Waals surface area contributed by atoms with E-state index >= 15 is 0 Å². The second-order valence-electron chi connectivity index (χ2n) is 7.13. The van der Waals surface area contributed by atoms with Crippen molar-refractivity contribution in [2.75, 3.05) is 20.6 Å². The number of amides is 1. The Morgan fingerprint density at radius 2 is 2.05 bits per heavy atom. The number of nitrogens with zero attached hydrogens (tertiary/aromatic N) is 3. The Hall–Kier alpha value is -1.95. The molecule has 0 radical (unpaired) electrons. The molecule has 0 spiro atoms. The summed E-state index contributed by atoms with van der Waals surface area (Å²) >= 11 is 0. The standard InChI is InChI=1S/C16H21N5O/c1-21(2,16-13-3-4-17-15(13)19-9-20-16)12-5-10-7-14(22)18-8-11(10)6-12/h3-4,9-12H,5-8H2,1-2H3,(H-,17,18,19,20,22)/p+1. The third kappa shape index (κ3) is 2.01. The summed E-state index contributed by atoms with van der Waals surface area (Å²) in [7, 11) is 4.46. The molecule has 0 aromatic carbocycles. The van der Waals surface area contributed by atoms with Gasteiger partial charge in [-0.1, -0.05) is 0 Å². The molecular weight excluding hydrogens is 278 g/mol. The molecule has 3 atom stereocenters. The van der Waals surface area contributed by atoms with Crippen molar-refractivity contribution in [3.05, 3.63) is 18.6 Å². The summed E-state index contributed by atoms with van der Waals surface area (Å²) in [5.41, 5.74) is 0.892. The van der Waals surface area contributed by atoms with E-state index in [2.05, 4.69) is 40.4 Å². The Bertz CT molecular complexity index is 722. The van der Waals surface area contributed by atoms with E-state index in [4.69, 9.17) is 0 Å². The summed E-state index contributed by atoms with van der Waals surface area (Å²) in [4.78, 5) is 23.7. The van der Waals surface area contributed by atoms with E-state index < -0.39 is 0 Å². The molecule has 3 unspecified atom stereocenters. The number of quaternary nitrogens is 1. The van der Waals surface area contributed by atoms with Gasteiger partial charge in [0, 0.05) is 32.0 Å². The molecule has 22 heavy (non-hydrogen) atoms. The third-order valence-electron chi connectivity index (χ3n) is 5.62. The third-order valence-corrected chi connectivity index (χ3v) is 5.62. The lowest BCUT2D eigenvalue weighted by Crippen LogP contribution is -2.49. The first-order chi connectivity index (χ1) is 10.6. The van der Waals surface area contributed by atoms with E-state index in [0.717, 1.165) is 40.7 Å². The number of hydrogen-bond acceptors (Lipinski definition) is 3. The van der Waals surface area contributed by atoms with Crippen molar-refractivity contribution >= 4 is 22.8 Å². The smallest absolute Gasteiger partial charge is 0.240 e. The molecule has 6 nitrogen and oxygen atoms in total. The minimum Gasteiger partial charge on any atom is -0.356 e. The van der Waals surface area contributed by atoms with Crippen LogP contribution >= 0.6 is 0 Å². The summed E-state index contributed by atoms with van der Waals surface area (Å²) in [5.74, 6) is 2.42. The second-order valence-corrected chi connectivity index (χ2v) is 7.13. The van der Waals surface area contributed by atoms with Crippen LogP contribution in [0.25, 0.3) is 11.0 Å². The van der Waals surface area contributed by atoms with Gasteiger partial charge in [0.2, 0.25) is 11.7 Å². The molecule has 2 aliphatic rings. The molecule has 3 heterocycles. The summed E-state index contributed by atoms with van der Waals surface area (Å²) in [5, 5.41) is 4.11. The van der Waals surface area contributed by atoms with Gasteiger partial charge < -0.3 is 10.3 Å². The molecule has 2 fully saturated rings. The van der Waals surface area contributed by atoms with Gasteiger partial charge in [0.05, 0.1) is 20.1 Å². The van der Waals surface area contributed by atoms with Crippen LogP contribution in [-0.2, 0) is 4.79 Å². The van der Waals surface area contributed by atoms with Crippen molar-refractivity contribution in [3.63, 3.8) is 0 Å². The molecule has 116 valence electrons. The number of fused-ring (bicyclic) bond motifs is 2. The number of H-pyrrole nitrogens is 1. The number of carbonyl (C=O) groups is 1. The van der Waals surface area contributed by atoms with Gasteiger partial charge in [-0.05, 0) is 17.9 Å². The van der Waals surface area contributed by atoms with Crippen LogP contribution in [0.15, 0.2) is 18.6 Å². The van der Waals surface area contributed by atoms with Crippen molar-refractivity contribution in [1.82, 2.24) is 24.8 Å². The Balaban J connectivity index is 1.66. The molecule has 4 rings (SSSR count). The zero-order valence-electron chi connectivity index (χ0n) is 13.0. The monoisotopic (exact) mass is 300 g/mol. The highest BCUT2D eigenvalue weighted by atomic mass is 16.1. The number of carbonyl (C=O) groups excluding carboxylic acids is 1. The van der Waals surface area contributed by atoms with Gasteiger partial charge in [-0.25, -0.2) is 4.98 Å². The number of rotatable bonds is 2. The molecule has 0 bridgehead atoms. The van der Waals surface area contributed by atoms with Crippen molar-refractivity contribution in [2.24, 2.45) is 11.8 Å². The van der Waals surface area contributed by atoms with Gasteiger partial charge in [0.25, 0.3) is 0 Å². The zero-order chi connectivity index (χ0) is 15.3. The Morgan fingerprint density at radius 3 is 2.91 bits per heavy atom. The number of nitrogens with one attached hydrogen (secondary N) is 2. The summed E-state index contributed by atoms with van der Waals surface area (Å²) in [6.07, 6.45) is 6.49. The van der Waals surface area contributed by atoms with Crippen molar-refractivity contribution in [2.45, 2.75) is 25.3 Å². The van der Waals surface area contributed by atoms with Crippen LogP contribution in [0, 0.1) is 11.8 Å². The average Bonchev–Trinajstić information content (AvgIpc) is 3.12. The van der Waals surface area contributed by atoms with Crippen LogP contribution in [0.4, 0.5) is 5.82 Å². The van der Waals surface area contributed by atoms with Crippen molar-refractivity contribution in [1.29, 1.82) is 0 Å². The Labute approximate surface area is 129 Å². The quantitative estimate of drug-likeness (QED) is 0.825. The van der Waals surface area contributed by atoms with Crippen LogP contribution in [-0.4, -0.2) is 47.5 Å². The lowest BCUT2D eigenvalue weighted by molar-refractivity contribution is -0.124. The highest BCUT2D eigenvalue weighted by Crippen LogP contribution is 2.42. The highest BCUT2D eigenvalue weighted by Gasteiger charge is 2.46.